The topological polar surface area (TPSA) is 82.0 Å². The average Bonchev–Trinajstić information content (AvgIpc) is 2.87. The van der Waals surface area contributed by atoms with Gasteiger partial charge in [0.25, 0.3) is 0 Å². The lowest BCUT2D eigenvalue weighted by Crippen LogP contribution is -2.58. The molecule has 1 saturated heterocycles. The summed E-state index contributed by atoms with van der Waals surface area (Å²) in [6.45, 7) is 7.22. The van der Waals surface area contributed by atoms with E-state index in [0.717, 1.165) is 42.4 Å². The Bertz CT molecular complexity index is 1210. The fourth-order valence-electron chi connectivity index (χ4n) is 4.76. The predicted octanol–water partition coefficient (Wildman–Crippen LogP) is 4.47. The molecule has 0 radical (unpaired) electrons. The molecule has 0 aliphatic carbocycles. The third-order valence-corrected chi connectivity index (χ3v) is 6.99. The fourth-order valence-corrected chi connectivity index (χ4v) is 4.93. The lowest BCUT2D eigenvalue weighted by molar-refractivity contribution is -0.136. The minimum atomic E-state index is -0.883. The number of ether oxygens (including phenoxy) is 1. The Morgan fingerprint density at radius 1 is 1.08 bits per heavy atom. The molecule has 1 N–H and O–H groups in total. The van der Waals surface area contributed by atoms with E-state index in [4.69, 9.17) is 21.4 Å². The van der Waals surface area contributed by atoms with Gasteiger partial charge in [0.1, 0.15) is 12.4 Å². The summed E-state index contributed by atoms with van der Waals surface area (Å²) in [4.78, 5) is 27.1. The zero-order valence-corrected chi connectivity index (χ0v) is 22.5. The van der Waals surface area contributed by atoms with E-state index >= 15 is 0 Å². The van der Waals surface area contributed by atoms with Gasteiger partial charge in [0.15, 0.2) is 0 Å². The second-order valence-electron chi connectivity index (χ2n) is 9.74. The van der Waals surface area contributed by atoms with Crippen molar-refractivity contribution in [2.75, 3.05) is 50.1 Å². The van der Waals surface area contributed by atoms with Gasteiger partial charge in [-0.1, -0.05) is 29.8 Å². The van der Waals surface area contributed by atoms with Gasteiger partial charge in [-0.2, -0.15) is 0 Å². The van der Waals surface area contributed by atoms with Crippen LogP contribution in [0.15, 0.2) is 54.9 Å². The van der Waals surface area contributed by atoms with Crippen LogP contribution in [0.3, 0.4) is 0 Å². The van der Waals surface area contributed by atoms with Crippen LogP contribution in [0.25, 0.3) is 11.1 Å². The van der Waals surface area contributed by atoms with Gasteiger partial charge < -0.3 is 19.6 Å². The lowest BCUT2D eigenvalue weighted by atomic mass is 10.1. The van der Waals surface area contributed by atoms with Gasteiger partial charge >= 0.3 is 5.97 Å². The van der Waals surface area contributed by atoms with Gasteiger partial charge in [-0.3, -0.25) is 9.69 Å². The zero-order valence-electron chi connectivity index (χ0n) is 21.8. The van der Waals surface area contributed by atoms with Crippen molar-refractivity contribution in [2.24, 2.45) is 0 Å². The monoisotopic (exact) mass is 523 g/mol. The van der Waals surface area contributed by atoms with Crippen molar-refractivity contribution in [1.29, 1.82) is 0 Å². The van der Waals surface area contributed by atoms with Crippen LogP contribution < -0.4 is 14.5 Å². The summed E-state index contributed by atoms with van der Waals surface area (Å²) in [6.07, 6.45) is 3.73. The van der Waals surface area contributed by atoms with E-state index in [9.17, 15) is 4.79 Å². The van der Waals surface area contributed by atoms with Crippen molar-refractivity contribution in [3.05, 3.63) is 65.4 Å². The molecule has 0 amide bonds. The molecule has 0 spiro atoms. The molecule has 37 heavy (non-hydrogen) atoms. The Morgan fingerprint density at radius 2 is 1.78 bits per heavy atom. The Hall–Kier alpha value is -3.36. The summed E-state index contributed by atoms with van der Waals surface area (Å²) in [6, 6.07) is 14.0. The van der Waals surface area contributed by atoms with Crippen molar-refractivity contribution >= 4 is 29.2 Å². The van der Waals surface area contributed by atoms with Gasteiger partial charge in [0.05, 0.1) is 11.4 Å². The van der Waals surface area contributed by atoms with E-state index in [0.29, 0.717) is 22.9 Å². The van der Waals surface area contributed by atoms with Gasteiger partial charge in [0, 0.05) is 69.5 Å². The summed E-state index contributed by atoms with van der Waals surface area (Å²) in [7, 11) is 4.06. The largest absolute Gasteiger partial charge is 0.491 e. The number of anilines is 2. The molecule has 1 aliphatic heterocycles. The van der Waals surface area contributed by atoms with Gasteiger partial charge in [0.2, 0.25) is 5.95 Å². The van der Waals surface area contributed by atoms with E-state index in [1.807, 2.05) is 32.6 Å². The van der Waals surface area contributed by atoms with Crippen molar-refractivity contribution in [1.82, 2.24) is 14.9 Å². The SMILES string of the molecule is C[C@@H]1CN(c2ncc(-c3cccc(N(C)C)c3)cn2)C[C@H](C)N1CCOc1cc(CC(=O)O)ccc1Cl. The number of aromatic nitrogens is 2. The Morgan fingerprint density at radius 3 is 2.43 bits per heavy atom. The number of carboxylic acid groups (broad SMARTS) is 1. The Kier molecular flexibility index (Phi) is 8.51. The van der Waals surface area contributed by atoms with Crippen molar-refractivity contribution in [3.63, 3.8) is 0 Å². The smallest absolute Gasteiger partial charge is 0.307 e. The molecule has 3 aromatic rings. The minimum Gasteiger partial charge on any atom is -0.491 e. The highest BCUT2D eigenvalue weighted by Gasteiger charge is 2.30. The molecule has 1 aliphatic rings. The summed E-state index contributed by atoms with van der Waals surface area (Å²) >= 11 is 6.26. The maximum atomic E-state index is 11.0. The highest BCUT2D eigenvalue weighted by Crippen LogP contribution is 2.27. The third-order valence-electron chi connectivity index (χ3n) is 6.68. The Labute approximate surface area is 223 Å². The molecule has 8 nitrogen and oxygen atoms in total. The maximum absolute atomic E-state index is 11.0. The number of carbonyl (C=O) groups is 1. The Balaban J connectivity index is 1.34. The summed E-state index contributed by atoms with van der Waals surface area (Å²) in [5, 5.41) is 9.51. The molecule has 0 saturated carbocycles. The van der Waals surface area contributed by atoms with Gasteiger partial charge in [-0.25, -0.2) is 9.97 Å². The van der Waals surface area contributed by atoms with Crippen molar-refractivity contribution < 1.29 is 14.6 Å². The number of hydrogen-bond donors (Lipinski definition) is 1. The number of hydrogen-bond acceptors (Lipinski definition) is 7. The molecule has 196 valence electrons. The van der Waals surface area contributed by atoms with Crippen LogP contribution in [0.2, 0.25) is 5.02 Å². The summed E-state index contributed by atoms with van der Waals surface area (Å²) in [5.74, 6) is 0.374. The normalized spacial score (nSPS) is 18.0. The maximum Gasteiger partial charge on any atom is 0.307 e. The number of halogens is 1. The molecule has 1 aromatic heterocycles. The molecule has 2 aromatic carbocycles. The van der Waals surface area contributed by atoms with Gasteiger partial charge in [-0.15, -0.1) is 0 Å². The first-order chi connectivity index (χ1) is 17.7. The molecule has 2 heterocycles. The number of nitrogens with zero attached hydrogens (tertiary/aromatic N) is 5. The van der Waals surface area contributed by atoms with Crippen LogP contribution in [0.5, 0.6) is 5.75 Å². The van der Waals surface area contributed by atoms with Crippen molar-refractivity contribution in [2.45, 2.75) is 32.4 Å². The van der Waals surface area contributed by atoms with Crippen LogP contribution in [-0.2, 0) is 11.2 Å². The van der Waals surface area contributed by atoms with Crippen LogP contribution >= 0.6 is 11.6 Å². The summed E-state index contributed by atoms with van der Waals surface area (Å²) < 4.78 is 5.94. The third kappa shape index (κ3) is 6.70. The number of piperazine rings is 1. The molecule has 4 rings (SSSR count). The number of benzene rings is 2. The molecule has 0 bridgehead atoms. The van der Waals surface area contributed by atoms with Crippen LogP contribution in [0.4, 0.5) is 11.6 Å². The molecule has 1 fully saturated rings. The highest BCUT2D eigenvalue weighted by molar-refractivity contribution is 6.32. The molecule has 2 atom stereocenters. The second-order valence-corrected chi connectivity index (χ2v) is 10.1. The first kappa shape index (κ1) is 26.7. The van der Waals surface area contributed by atoms with E-state index < -0.39 is 5.97 Å². The molecular weight excluding hydrogens is 490 g/mol. The average molecular weight is 524 g/mol. The molecule has 0 unspecified atom stereocenters. The van der Waals surface area contributed by atoms with Crippen LogP contribution in [0.1, 0.15) is 19.4 Å². The van der Waals surface area contributed by atoms with E-state index in [1.165, 1.54) is 0 Å². The lowest BCUT2D eigenvalue weighted by Gasteiger charge is -2.44. The number of rotatable bonds is 9. The number of carboxylic acids is 1. The number of aliphatic carboxylic acids is 1. The zero-order chi connectivity index (χ0) is 26.5. The molecule has 9 heteroatoms. The standard InChI is InChI=1S/C28H34ClN5O3/c1-19-17-33(28-30-15-23(16-31-28)22-6-5-7-24(14-22)32(3)4)18-20(2)34(19)10-11-37-26-12-21(13-27(35)36)8-9-25(26)29/h5-9,12,14-16,19-20H,10-11,13,17-18H2,1-4H3,(H,35,36)/t19-,20+. The van der Waals surface area contributed by atoms with E-state index in [1.54, 1.807) is 18.2 Å². The first-order valence-corrected chi connectivity index (χ1v) is 12.8. The van der Waals surface area contributed by atoms with E-state index in [-0.39, 0.29) is 18.5 Å². The fraction of sp³-hybridized carbons (Fsp3) is 0.393. The van der Waals surface area contributed by atoms with Gasteiger partial charge in [-0.05, 0) is 49.2 Å². The second kappa shape index (κ2) is 11.8. The quantitative estimate of drug-likeness (QED) is 0.440. The highest BCUT2D eigenvalue weighted by atomic mass is 35.5. The van der Waals surface area contributed by atoms with Crippen molar-refractivity contribution in [3.8, 4) is 16.9 Å². The minimum absolute atomic E-state index is 0.0604. The van der Waals surface area contributed by atoms with Crippen LogP contribution in [0, 0.1) is 0 Å². The summed E-state index contributed by atoms with van der Waals surface area (Å²) in [5.41, 5.74) is 3.89. The first-order valence-electron chi connectivity index (χ1n) is 12.4. The molecular formula is C28H34ClN5O3. The predicted molar refractivity (Wildman–Crippen MR) is 148 cm³/mol. The van der Waals surface area contributed by atoms with Crippen LogP contribution in [-0.4, -0.2) is 78.4 Å². The van der Waals surface area contributed by atoms with E-state index in [2.05, 4.69) is 56.7 Å².